The average molecular weight is 201 g/mol. The molecule has 58 valence electrons. The maximum atomic E-state index is 5.30. The molecule has 0 aromatic heterocycles. The summed E-state index contributed by atoms with van der Waals surface area (Å²) >= 11 is 10.6. The van der Waals surface area contributed by atoms with E-state index in [1.807, 2.05) is 24.3 Å². The highest BCUT2D eigenvalue weighted by Crippen LogP contribution is 2.28. The van der Waals surface area contributed by atoms with Gasteiger partial charge in [-0.15, -0.1) is 0 Å². The van der Waals surface area contributed by atoms with E-state index in [0.29, 0.717) is 0 Å². The van der Waals surface area contributed by atoms with Crippen molar-refractivity contribution in [3.8, 4) is 0 Å². The van der Waals surface area contributed by atoms with Crippen LogP contribution in [0.5, 0.6) is 0 Å². The first-order valence-electron chi connectivity index (χ1n) is 3.26. The number of rotatable bonds is 0. The predicted octanol–water partition coefficient (Wildman–Crippen LogP) is 1.51. The van der Waals surface area contributed by atoms with Crippen LogP contribution in [0.3, 0.4) is 0 Å². The van der Waals surface area contributed by atoms with E-state index in [-0.39, 0.29) is 0 Å². The molecule has 0 aliphatic carbocycles. The van der Waals surface area contributed by atoms with Crippen LogP contribution in [-0.4, -0.2) is 5.88 Å². The second kappa shape index (κ2) is 2.40. The zero-order valence-corrected chi connectivity index (χ0v) is 8.19. The highest BCUT2D eigenvalue weighted by molar-refractivity contribution is 8.56. The van der Waals surface area contributed by atoms with Crippen LogP contribution in [0.4, 0.5) is 5.69 Å². The lowest BCUT2D eigenvalue weighted by molar-refractivity contribution is 1.43. The number of hydrogen-bond donors (Lipinski definition) is 1. The number of benzene rings is 1. The van der Waals surface area contributed by atoms with E-state index in [4.69, 9.17) is 22.4 Å². The predicted molar refractivity (Wildman–Crippen MR) is 55.3 cm³/mol. The molecule has 0 spiro atoms. The molecule has 1 aromatic carbocycles. The highest BCUT2D eigenvalue weighted by Gasteiger charge is 2.17. The molecule has 0 radical (unpaired) electrons. The second-order valence-electron chi connectivity index (χ2n) is 2.43. The Kier molecular flexibility index (Phi) is 1.63. The van der Waals surface area contributed by atoms with Gasteiger partial charge in [0.2, 0.25) is 0 Å². The Hall–Kier alpha value is -0.190. The minimum atomic E-state index is -1.35. The van der Waals surface area contributed by atoms with Crippen LogP contribution in [0.15, 0.2) is 29.2 Å². The van der Waals surface area contributed by atoms with Gasteiger partial charge in [0.1, 0.15) is 0 Å². The van der Waals surface area contributed by atoms with E-state index in [2.05, 4.69) is 5.32 Å². The number of anilines is 1. The van der Waals surface area contributed by atoms with Crippen molar-refractivity contribution in [1.82, 2.24) is 0 Å². The van der Waals surface area contributed by atoms with Crippen molar-refractivity contribution in [2.75, 3.05) is 11.2 Å². The van der Waals surface area contributed by atoms with Gasteiger partial charge in [-0.3, -0.25) is 0 Å². The Morgan fingerprint density at radius 2 is 2.00 bits per heavy atom. The number of para-hydroxylation sites is 1. The number of hydrogen-bond acceptors (Lipinski definition) is 3. The molecule has 0 saturated heterocycles. The highest BCUT2D eigenvalue weighted by atomic mass is 33.1. The molecule has 0 fully saturated rings. The van der Waals surface area contributed by atoms with Gasteiger partial charge in [0.25, 0.3) is 0 Å². The van der Waals surface area contributed by atoms with Crippen molar-refractivity contribution in [3.05, 3.63) is 24.3 Å². The SMILES string of the molecule is S=S1(=S)CNc2ccccc21. The molecule has 0 saturated carbocycles. The molecule has 1 aliphatic rings. The molecule has 11 heavy (non-hydrogen) atoms. The molecule has 0 atom stereocenters. The standard InChI is InChI=1S/C7H7NS3/c9-11(10)5-8-6-3-1-2-4-7(6)11/h1-4,8H,5H2. The Morgan fingerprint density at radius 1 is 1.27 bits per heavy atom. The first kappa shape index (κ1) is 7.46. The lowest BCUT2D eigenvalue weighted by Crippen LogP contribution is -1.99. The van der Waals surface area contributed by atoms with Gasteiger partial charge < -0.3 is 5.32 Å². The van der Waals surface area contributed by atoms with Crippen LogP contribution in [0, 0.1) is 0 Å². The van der Waals surface area contributed by atoms with Crippen LogP contribution >= 0.6 is 0 Å². The number of nitrogens with one attached hydrogen (secondary N) is 1. The molecular formula is C7H7NS3. The average Bonchev–Trinajstić information content (AvgIpc) is 2.29. The largest absolute Gasteiger partial charge is 0.374 e. The van der Waals surface area contributed by atoms with E-state index in [1.54, 1.807) is 0 Å². The summed E-state index contributed by atoms with van der Waals surface area (Å²) < 4.78 is 0. The van der Waals surface area contributed by atoms with Gasteiger partial charge in [0.15, 0.2) is 0 Å². The molecule has 0 amide bonds. The summed E-state index contributed by atoms with van der Waals surface area (Å²) in [7, 11) is -1.35. The molecular weight excluding hydrogens is 194 g/mol. The molecule has 2 rings (SSSR count). The van der Waals surface area contributed by atoms with Crippen molar-refractivity contribution in [2.45, 2.75) is 4.90 Å². The molecule has 0 unspecified atom stereocenters. The van der Waals surface area contributed by atoms with E-state index in [0.717, 1.165) is 16.5 Å². The van der Waals surface area contributed by atoms with Crippen LogP contribution in [0.2, 0.25) is 0 Å². The molecule has 1 heterocycles. The quantitative estimate of drug-likeness (QED) is 0.683. The van der Waals surface area contributed by atoms with E-state index in [9.17, 15) is 0 Å². The zero-order valence-electron chi connectivity index (χ0n) is 5.74. The molecule has 1 N–H and O–H groups in total. The van der Waals surface area contributed by atoms with Crippen molar-refractivity contribution in [3.63, 3.8) is 0 Å². The van der Waals surface area contributed by atoms with Crippen LogP contribution < -0.4 is 5.32 Å². The van der Waals surface area contributed by atoms with E-state index in [1.165, 1.54) is 0 Å². The molecule has 0 bridgehead atoms. The summed E-state index contributed by atoms with van der Waals surface area (Å²) in [6.07, 6.45) is 0. The third-order valence-corrected chi connectivity index (χ3v) is 5.01. The lowest BCUT2D eigenvalue weighted by Gasteiger charge is -1.97. The second-order valence-corrected chi connectivity index (χ2v) is 8.44. The summed E-state index contributed by atoms with van der Waals surface area (Å²) in [6, 6.07) is 8.05. The van der Waals surface area contributed by atoms with Gasteiger partial charge in [-0.25, -0.2) is 0 Å². The minimum absolute atomic E-state index is 0.775. The summed E-state index contributed by atoms with van der Waals surface area (Å²) in [4.78, 5) is 1.16. The topological polar surface area (TPSA) is 12.0 Å². The van der Waals surface area contributed by atoms with Crippen molar-refractivity contribution < 1.29 is 0 Å². The van der Waals surface area contributed by atoms with Gasteiger partial charge in [-0.2, -0.15) is 0 Å². The van der Waals surface area contributed by atoms with Crippen LogP contribution in [0.25, 0.3) is 0 Å². The monoisotopic (exact) mass is 201 g/mol. The summed E-state index contributed by atoms with van der Waals surface area (Å²) in [5, 5.41) is 3.22. The van der Waals surface area contributed by atoms with Gasteiger partial charge in [0.05, 0.1) is 5.88 Å². The normalized spacial score (nSPS) is 18.9. The first-order valence-corrected chi connectivity index (χ1v) is 6.91. The molecule has 4 heteroatoms. The maximum absolute atomic E-state index is 5.30. The van der Waals surface area contributed by atoms with E-state index < -0.39 is 7.15 Å². The van der Waals surface area contributed by atoms with Crippen LogP contribution in [-0.2, 0) is 29.5 Å². The third kappa shape index (κ3) is 1.15. The fourth-order valence-electron chi connectivity index (χ4n) is 1.13. The molecule has 1 aromatic rings. The maximum Gasteiger partial charge on any atom is 0.0739 e. The van der Waals surface area contributed by atoms with Gasteiger partial charge in [-0.1, -0.05) is 12.1 Å². The third-order valence-electron chi connectivity index (χ3n) is 1.67. The number of fused-ring (bicyclic) bond motifs is 1. The lowest BCUT2D eigenvalue weighted by atomic mass is 10.3. The molecule has 1 nitrogen and oxygen atoms in total. The Balaban J connectivity index is 2.75. The zero-order chi connectivity index (χ0) is 7.90. The van der Waals surface area contributed by atoms with Crippen molar-refractivity contribution in [1.29, 1.82) is 0 Å². The Morgan fingerprint density at radius 3 is 2.73 bits per heavy atom. The molecule has 1 aliphatic heterocycles. The fourth-order valence-corrected chi connectivity index (χ4v) is 3.62. The van der Waals surface area contributed by atoms with Gasteiger partial charge in [-0.05, 0) is 41.7 Å². The fraction of sp³-hybridized carbons (Fsp3) is 0.143. The van der Waals surface area contributed by atoms with Gasteiger partial charge in [0, 0.05) is 10.6 Å². The first-order chi connectivity index (χ1) is 5.20. The smallest absolute Gasteiger partial charge is 0.0739 e. The van der Waals surface area contributed by atoms with Crippen molar-refractivity contribution in [2.24, 2.45) is 0 Å². The summed E-state index contributed by atoms with van der Waals surface area (Å²) in [5.41, 5.74) is 1.13. The Bertz CT molecular complexity index is 380. The van der Waals surface area contributed by atoms with Crippen molar-refractivity contribution >= 4 is 35.2 Å². The van der Waals surface area contributed by atoms with E-state index >= 15 is 0 Å². The van der Waals surface area contributed by atoms with Gasteiger partial charge >= 0.3 is 0 Å². The minimum Gasteiger partial charge on any atom is -0.374 e. The Labute approximate surface area is 75.6 Å². The summed E-state index contributed by atoms with van der Waals surface area (Å²) in [6.45, 7) is 0. The van der Waals surface area contributed by atoms with Crippen LogP contribution in [0.1, 0.15) is 0 Å². The summed E-state index contributed by atoms with van der Waals surface area (Å²) in [5.74, 6) is 0.775.